The number of aliphatic carboxylic acids is 1. The molecule has 0 radical (unpaired) electrons. The summed E-state index contributed by atoms with van der Waals surface area (Å²) in [4.78, 5) is 13.4. The van der Waals surface area contributed by atoms with Gasteiger partial charge in [0.05, 0.1) is 5.02 Å². The highest BCUT2D eigenvalue weighted by Crippen LogP contribution is 2.36. The summed E-state index contributed by atoms with van der Waals surface area (Å²) in [6.07, 6.45) is 3.01. The molecule has 0 saturated carbocycles. The largest absolute Gasteiger partial charge is 0.479 e. The van der Waals surface area contributed by atoms with Crippen molar-refractivity contribution in [3.8, 4) is 0 Å². The molecular weight excluding hydrogens is 253 g/mol. The van der Waals surface area contributed by atoms with E-state index in [1.807, 2.05) is 0 Å². The van der Waals surface area contributed by atoms with E-state index in [-0.39, 0.29) is 12.2 Å². The van der Waals surface area contributed by atoms with Gasteiger partial charge in [0.15, 0.2) is 5.82 Å². The predicted octanol–water partition coefficient (Wildman–Crippen LogP) is 1.95. The highest BCUT2D eigenvalue weighted by molar-refractivity contribution is 6.38. The van der Waals surface area contributed by atoms with Gasteiger partial charge in [-0.25, -0.2) is 14.8 Å². The molecule has 0 aliphatic carbocycles. The number of carboxylic acids is 1. The Morgan fingerprint density at radius 2 is 2.38 bits per heavy atom. The summed E-state index contributed by atoms with van der Waals surface area (Å²) in [5.74, 6) is -0.955. The topological polar surface area (TPSA) is 65.8 Å². The summed E-state index contributed by atoms with van der Waals surface area (Å²) in [6.45, 7) is 0. The van der Waals surface area contributed by atoms with E-state index in [1.165, 1.54) is 12.4 Å². The number of alkyl halides is 1. The van der Waals surface area contributed by atoms with Crippen LogP contribution in [0.5, 0.6) is 0 Å². The smallest absolute Gasteiger partial charge is 0.347 e. The molecule has 1 aromatic heterocycles. The van der Waals surface area contributed by atoms with Gasteiger partial charge in [0.1, 0.15) is 0 Å². The standard InChI is InChI=1S/C9H7Cl2N3O2/c10-6-2-1-4-12-7(6)14-9(11,8(15)16)3-5-13-14/h1-2,4-5H,3H2,(H,15,16). The number of nitrogens with zero attached hydrogens (tertiary/aromatic N) is 3. The number of pyridine rings is 1. The first-order valence-corrected chi connectivity index (χ1v) is 5.17. The second-order valence-electron chi connectivity index (χ2n) is 3.19. The molecule has 5 nitrogen and oxygen atoms in total. The Balaban J connectivity index is 2.45. The summed E-state index contributed by atoms with van der Waals surface area (Å²) < 4.78 is 0. The Morgan fingerprint density at radius 3 is 3.00 bits per heavy atom. The lowest BCUT2D eigenvalue weighted by Crippen LogP contribution is -2.45. The van der Waals surface area contributed by atoms with Crippen molar-refractivity contribution in [3.05, 3.63) is 23.4 Å². The van der Waals surface area contributed by atoms with Crippen LogP contribution in [0.15, 0.2) is 23.4 Å². The molecular formula is C9H7Cl2N3O2. The third kappa shape index (κ3) is 1.62. The number of carboxylic acid groups (broad SMARTS) is 1. The van der Waals surface area contributed by atoms with E-state index in [9.17, 15) is 4.79 Å². The van der Waals surface area contributed by atoms with Crippen LogP contribution in [-0.4, -0.2) is 27.3 Å². The number of halogens is 2. The van der Waals surface area contributed by atoms with E-state index in [2.05, 4.69) is 10.1 Å². The fourth-order valence-electron chi connectivity index (χ4n) is 1.36. The molecule has 1 N–H and O–H groups in total. The van der Waals surface area contributed by atoms with E-state index in [1.54, 1.807) is 12.1 Å². The molecule has 0 saturated heterocycles. The van der Waals surface area contributed by atoms with Gasteiger partial charge < -0.3 is 5.11 Å². The molecule has 7 heteroatoms. The molecule has 1 aromatic rings. The van der Waals surface area contributed by atoms with Gasteiger partial charge in [0.25, 0.3) is 0 Å². The first kappa shape index (κ1) is 11.2. The SMILES string of the molecule is O=C(O)C1(Cl)CC=NN1c1ncccc1Cl. The fourth-order valence-corrected chi connectivity index (χ4v) is 1.75. The van der Waals surface area contributed by atoms with E-state index < -0.39 is 11.0 Å². The number of aromatic nitrogens is 1. The first-order valence-electron chi connectivity index (χ1n) is 4.41. The zero-order chi connectivity index (χ0) is 11.8. The van der Waals surface area contributed by atoms with Gasteiger partial charge in [-0.1, -0.05) is 23.2 Å². The van der Waals surface area contributed by atoms with Gasteiger partial charge >= 0.3 is 5.97 Å². The van der Waals surface area contributed by atoms with Gasteiger partial charge in [-0.05, 0) is 12.1 Å². The van der Waals surface area contributed by atoms with Gasteiger partial charge in [-0.15, -0.1) is 0 Å². The van der Waals surface area contributed by atoms with Gasteiger partial charge in [0.2, 0.25) is 5.00 Å². The lowest BCUT2D eigenvalue weighted by atomic mass is 10.2. The van der Waals surface area contributed by atoms with Crippen LogP contribution in [0.2, 0.25) is 5.02 Å². The molecule has 84 valence electrons. The molecule has 0 bridgehead atoms. The molecule has 1 aliphatic rings. The summed E-state index contributed by atoms with van der Waals surface area (Å²) in [7, 11) is 0. The average Bonchev–Trinajstić information content (AvgIpc) is 2.63. The lowest BCUT2D eigenvalue weighted by Gasteiger charge is -2.27. The predicted molar refractivity (Wildman–Crippen MR) is 61.1 cm³/mol. The Kier molecular flexibility index (Phi) is 2.73. The second-order valence-corrected chi connectivity index (χ2v) is 4.22. The number of hydrogen-bond acceptors (Lipinski definition) is 4. The van der Waals surface area contributed by atoms with E-state index >= 15 is 0 Å². The molecule has 0 amide bonds. The minimum atomic E-state index is -1.64. The Labute approximate surface area is 101 Å². The van der Waals surface area contributed by atoms with Crippen LogP contribution < -0.4 is 5.01 Å². The molecule has 0 aromatic carbocycles. The monoisotopic (exact) mass is 259 g/mol. The molecule has 0 fully saturated rings. The van der Waals surface area contributed by atoms with Gasteiger partial charge in [-0.2, -0.15) is 5.10 Å². The summed E-state index contributed by atoms with van der Waals surface area (Å²) in [5, 5.41) is 14.4. The van der Waals surface area contributed by atoms with E-state index in [0.29, 0.717) is 5.02 Å². The maximum atomic E-state index is 11.1. The molecule has 16 heavy (non-hydrogen) atoms. The van der Waals surface area contributed by atoms with Crippen LogP contribution in [0.3, 0.4) is 0 Å². The third-order valence-corrected chi connectivity index (χ3v) is 2.93. The summed E-state index contributed by atoms with van der Waals surface area (Å²) >= 11 is 11.9. The van der Waals surface area contributed by atoms with Crippen molar-refractivity contribution in [2.24, 2.45) is 5.10 Å². The Bertz CT molecular complexity index is 466. The molecule has 0 spiro atoms. The normalized spacial score (nSPS) is 23.8. The van der Waals surface area contributed by atoms with Gasteiger partial charge in [-0.3, -0.25) is 0 Å². The maximum absolute atomic E-state index is 11.1. The number of hydrogen-bond donors (Lipinski definition) is 1. The number of carbonyl (C=O) groups is 1. The Morgan fingerprint density at radius 1 is 1.62 bits per heavy atom. The van der Waals surface area contributed by atoms with Crippen molar-refractivity contribution in [2.45, 2.75) is 11.4 Å². The van der Waals surface area contributed by atoms with Crippen molar-refractivity contribution in [2.75, 3.05) is 5.01 Å². The zero-order valence-corrected chi connectivity index (χ0v) is 9.48. The average molecular weight is 260 g/mol. The van der Waals surface area contributed by atoms with Gasteiger partial charge in [0, 0.05) is 18.8 Å². The van der Waals surface area contributed by atoms with Crippen LogP contribution >= 0.6 is 23.2 Å². The lowest BCUT2D eigenvalue weighted by molar-refractivity contribution is -0.139. The van der Waals surface area contributed by atoms with Crippen molar-refractivity contribution in [1.82, 2.24) is 4.98 Å². The minimum absolute atomic E-state index is 0.0940. The molecule has 1 atom stereocenters. The second kappa shape index (κ2) is 3.92. The van der Waals surface area contributed by atoms with E-state index in [0.717, 1.165) is 5.01 Å². The van der Waals surface area contributed by atoms with Crippen molar-refractivity contribution in [3.63, 3.8) is 0 Å². The number of rotatable bonds is 2. The molecule has 2 rings (SSSR count). The van der Waals surface area contributed by atoms with Crippen molar-refractivity contribution in [1.29, 1.82) is 0 Å². The number of anilines is 1. The number of hydrazone groups is 1. The molecule has 2 heterocycles. The third-order valence-electron chi connectivity index (χ3n) is 2.16. The Hall–Kier alpha value is -1.33. The summed E-state index contributed by atoms with van der Waals surface area (Å²) in [5.41, 5.74) is 0. The highest BCUT2D eigenvalue weighted by Gasteiger charge is 2.47. The van der Waals surface area contributed by atoms with E-state index in [4.69, 9.17) is 28.3 Å². The zero-order valence-electron chi connectivity index (χ0n) is 7.97. The van der Waals surface area contributed by atoms with Crippen LogP contribution in [0, 0.1) is 0 Å². The first-order chi connectivity index (χ1) is 7.55. The fraction of sp³-hybridized carbons (Fsp3) is 0.222. The molecule has 1 aliphatic heterocycles. The van der Waals surface area contributed by atoms with Crippen LogP contribution in [-0.2, 0) is 4.79 Å². The van der Waals surface area contributed by atoms with Crippen molar-refractivity contribution >= 4 is 41.2 Å². The van der Waals surface area contributed by atoms with Crippen LogP contribution in [0.25, 0.3) is 0 Å². The van der Waals surface area contributed by atoms with Crippen LogP contribution in [0.4, 0.5) is 5.82 Å². The minimum Gasteiger partial charge on any atom is -0.479 e. The molecule has 1 unspecified atom stereocenters. The van der Waals surface area contributed by atoms with Crippen LogP contribution in [0.1, 0.15) is 6.42 Å². The quantitative estimate of drug-likeness (QED) is 0.652. The summed E-state index contributed by atoms with van der Waals surface area (Å²) in [6, 6.07) is 3.24. The van der Waals surface area contributed by atoms with Crippen molar-refractivity contribution < 1.29 is 9.90 Å². The highest BCUT2D eigenvalue weighted by atomic mass is 35.5. The maximum Gasteiger partial charge on any atom is 0.347 e.